The van der Waals surface area contributed by atoms with E-state index in [9.17, 15) is 19.8 Å². The topological polar surface area (TPSA) is 111 Å². The third-order valence-electron chi connectivity index (χ3n) is 4.33. The molecule has 26 heavy (non-hydrogen) atoms. The van der Waals surface area contributed by atoms with Crippen LogP contribution in [-0.4, -0.2) is 48.5 Å². The number of carbonyl (C=O) groups is 2. The minimum atomic E-state index is -0.491. The number of carbonyl (C=O) groups excluding carboxylic acids is 2. The molecule has 0 heterocycles. The van der Waals surface area contributed by atoms with Gasteiger partial charge in [-0.3, -0.25) is 9.59 Å². The Kier molecular flexibility index (Phi) is 4.81. The predicted octanol–water partition coefficient (Wildman–Crippen LogP) is 1.94. The molecule has 0 aromatic heterocycles. The minimum Gasteiger partial charge on any atom is -0.507 e. The van der Waals surface area contributed by atoms with E-state index >= 15 is 0 Å². The second-order valence-corrected chi connectivity index (χ2v) is 5.98. The Hall–Kier alpha value is -3.06. The molecule has 0 amide bonds. The summed E-state index contributed by atoms with van der Waals surface area (Å²) in [6.07, 6.45) is 0. The van der Waals surface area contributed by atoms with Crippen LogP contribution in [0.25, 0.3) is 0 Å². The van der Waals surface area contributed by atoms with Crippen LogP contribution >= 0.6 is 0 Å². The highest BCUT2D eigenvalue weighted by Crippen LogP contribution is 2.42. The second kappa shape index (κ2) is 7.05. The van der Waals surface area contributed by atoms with E-state index in [0.29, 0.717) is 31.0 Å². The summed E-state index contributed by atoms with van der Waals surface area (Å²) in [6, 6.07) is 5.90. The van der Waals surface area contributed by atoms with E-state index in [-0.39, 0.29) is 33.8 Å². The number of nitrogens with one attached hydrogen (secondary N) is 3. The fourth-order valence-corrected chi connectivity index (χ4v) is 3.17. The summed E-state index contributed by atoms with van der Waals surface area (Å²) in [7, 11) is 1.80. The Morgan fingerprint density at radius 1 is 0.769 bits per heavy atom. The van der Waals surface area contributed by atoms with Crippen molar-refractivity contribution in [2.45, 2.75) is 6.92 Å². The third kappa shape index (κ3) is 2.76. The zero-order valence-corrected chi connectivity index (χ0v) is 14.6. The highest BCUT2D eigenvalue weighted by molar-refractivity contribution is 6.33. The molecule has 1 aliphatic carbocycles. The lowest BCUT2D eigenvalue weighted by molar-refractivity contribution is 0.0975. The summed E-state index contributed by atoms with van der Waals surface area (Å²) in [5, 5.41) is 29.6. The third-order valence-corrected chi connectivity index (χ3v) is 4.33. The van der Waals surface area contributed by atoms with Crippen LogP contribution in [-0.2, 0) is 0 Å². The van der Waals surface area contributed by atoms with Crippen LogP contribution < -0.4 is 16.0 Å². The van der Waals surface area contributed by atoms with Gasteiger partial charge in [-0.1, -0.05) is 0 Å². The first-order chi connectivity index (χ1) is 12.5. The fourth-order valence-electron chi connectivity index (χ4n) is 3.17. The Labute approximate surface area is 151 Å². The summed E-state index contributed by atoms with van der Waals surface area (Å²) in [6.45, 7) is 3.60. The molecule has 2 aromatic carbocycles. The minimum absolute atomic E-state index is 0.0387. The number of phenols is 2. The maximum absolute atomic E-state index is 13.1. The van der Waals surface area contributed by atoms with E-state index in [1.165, 1.54) is 12.1 Å². The number of hydrogen-bond acceptors (Lipinski definition) is 7. The Morgan fingerprint density at radius 3 is 1.73 bits per heavy atom. The summed E-state index contributed by atoms with van der Waals surface area (Å²) in [5.41, 5.74) is 1.00. The molecule has 0 aliphatic heterocycles. The van der Waals surface area contributed by atoms with Gasteiger partial charge in [-0.05, 0) is 38.2 Å². The zero-order chi connectivity index (χ0) is 18.8. The molecule has 2 aromatic rings. The molecule has 0 saturated heterocycles. The number of likely N-dealkylation sites (N-methyl/N-ethyl adjacent to an activating group) is 1. The number of aromatic hydroxyl groups is 2. The van der Waals surface area contributed by atoms with E-state index < -0.39 is 11.6 Å². The summed E-state index contributed by atoms with van der Waals surface area (Å²) < 4.78 is 0. The van der Waals surface area contributed by atoms with Crippen molar-refractivity contribution >= 4 is 22.9 Å². The lowest BCUT2D eigenvalue weighted by atomic mass is 9.81. The number of ketones is 2. The highest BCUT2D eigenvalue weighted by Gasteiger charge is 2.37. The summed E-state index contributed by atoms with van der Waals surface area (Å²) in [4.78, 5) is 26.2. The first kappa shape index (κ1) is 17.8. The Bertz CT molecular complexity index is 893. The van der Waals surface area contributed by atoms with E-state index in [2.05, 4.69) is 16.0 Å². The van der Waals surface area contributed by atoms with Gasteiger partial charge in [0.15, 0.2) is 0 Å². The summed E-state index contributed by atoms with van der Waals surface area (Å²) >= 11 is 0. The monoisotopic (exact) mass is 355 g/mol. The van der Waals surface area contributed by atoms with Crippen LogP contribution in [0.5, 0.6) is 11.5 Å². The second-order valence-electron chi connectivity index (χ2n) is 5.98. The van der Waals surface area contributed by atoms with Gasteiger partial charge in [-0.2, -0.15) is 0 Å². The number of rotatable bonds is 6. The number of phenolic OH excluding ortho intramolecular Hbond substituents is 2. The fraction of sp³-hybridized carbons (Fsp3) is 0.263. The maximum Gasteiger partial charge on any atom is 0.200 e. The van der Waals surface area contributed by atoms with E-state index in [1.807, 2.05) is 6.92 Å². The van der Waals surface area contributed by atoms with Crippen molar-refractivity contribution in [3.8, 4) is 11.5 Å². The van der Waals surface area contributed by atoms with Crippen molar-refractivity contribution in [2.75, 3.05) is 37.3 Å². The number of hydrogen-bond donors (Lipinski definition) is 5. The van der Waals surface area contributed by atoms with E-state index in [4.69, 9.17) is 0 Å². The quantitative estimate of drug-likeness (QED) is 0.339. The van der Waals surface area contributed by atoms with Crippen LogP contribution in [0.15, 0.2) is 24.3 Å². The molecule has 5 N–H and O–H groups in total. The van der Waals surface area contributed by atoms with Gasteiger partial charge in [-0.25, -0.2) is 0 Å². The van der Waals surface area contributed by atoms with Crippen molar-refractivity contribution in [2.24, 2.45) is 0 Å². The van der Waals surface area contributed by atoms with Crippen LogP contribution in [0.1, 0.15) is 38.8 Å². The standard InChI is InChI=1S/C19H21N3O4/c1-3-21-10-4-6-12(23)16-14(10)18(25)17-13(24)7-5-11(15(17)19(16)26)22-9-8-20-2/h4-7,20-24H,3,8-9H2,1-2H3. The van der Waals surface area contributed by atoms with Crippen LogP contribution in [0.4, 0.5) is 11.4 Å². The number of benzene rings is 2. The van der Waals surface area contributed by atoms with Gasteiger partial charge >= 0.3 is 0 Å². The molecule has 7 nitrogen and oxygen atoms in total. The Balaban J connectivity index is 2.21. The van der Waals surface area contributed by atoms with Crippen molar-refractivity contribution in [3.63, 3.8) is 0 Å². The summed E-state index contributed by atoms with van der Waals surface area (Å²) in [5.74, 6) is -1.49. The predicted molar refractivity (Wildman–Crippen MR) is 99.7 cm³/mol. The van der Waals surface area contributed by atoms with Gasteiger partial charge in [0, 0.05) is 31.0 Å². The van der Waals surface area contributed by atoms with Crippen LogP contribution in [0, 0.1) is 0 Å². The average Bonchev–Trinajstić information content (AvgIpc) is 2.62. The molecule has 0 atom stereocenters. The largest absolute Gasteiger partial charge is 0.507 e. The van der Waals surface area contributed by atoms with Crippen molar-refractivity contribution < 1.29 is 19.8 Å². The molecule has 7 heteroatoms. The molecular formula is C19H21N3O4. The molecule has 3 rings (SSSR count). The first-order valence-electron chi connectivity index (χ1n) is 8.44. The Morgan fingerprint density at radius 2 is 1.27 bits per heavy atom. The van der Waals surface area contributed by atoms with Crippen molar-refractivity contribution in [1.82, 2.24) is 5.32 Å². The number of fused-ring (bicyclic) bond motifs is 2. The maximum atomic E-state index is 13.1. The molecule has 1 aliphatic rings. The average molecular weight is 355 g/mol. The highest BCUT2D eigenvalue weighted by atomic mass is 16.3. The lowest BCUT2D eigenvalue weighted by Crippen LogP contribution is -2.25. The van der Waals surface area contributed by atoms with Gasteiger partial charge in [0.05, 0.1) is 22.3 Å². The van der Waals surface area contributed by atoms with E-state index in [0.717, 1.165) is 0 Å². The van der Waals surface area contributed by atoms with Crippen molar-refractivity contribution in [1.29, 1.82) is 0 Å². The van der Waals surface area contributed by atoms with Gasteiger partial charge in [-0.15, -0.1) is 0 Å². The van der Waals surface area contributed by atoms with Crippen molar-refractivity contribution in [3.05, 3.63) is 46.5 Å². The van der Waals surface area contributed by atoms with Crippen LogP contribution in [0.3, 0.4) is 0 Å². The number of anilines is 2. The molecule has 0 bridgehead atoms. The molecular weight excluding hydrogens is 334 g/mol. The molecule has 0 saturated carbocycles. The molecule has 0 fully saturated rings. The normalized spacial score (nSPS) is 12.5. The zero-order valence-electron chi connectivity index (χ0n) is 14.6. The lowest BCUT2D eigenvalue weighted by Gasteiger charge is -2.24. The smallest absolute Gasteiger partial charge is 0.200 e. The molecule has 0 spiro atoms. The van der Waals surface area contributed by atoms with Gasteiger partial charge in [0.1, 0.15) is 11.5 Å². The van der Waals surface area contributed by atoms with E-state index in [1.54, 1.807) is 19.2 Å². The van der Waals surface area contributed by atoms with Gasteiger partial charge < -0.3 is 26.2 Å². The SMILES string of the molecule is CCNc1ccc(O)c2c1C(=O)c1c(O)ccc(NCCNC)c1C2=O. The first-order valence-corrected chi connectivity index (χ1v) is 8.44. The van der Waals surface area contributed by atoms with Gasteiger partial charge in [0.25, 0.3) is 0 Å². The molecule has 0 radical (unpaired) electrons. The van der Waals surface area contributed by atoms with Crippen LogP contribution in [0.2, 0.25) is 0 Å². The molecule has 0 unspecified atom stereocenters. The molecule has 136 valence electrons. The van der Waals surface area contributed by atoms with Gasteiger partial charge in [0.2, 0.25) is 11.6 Å².